The van der Waals surface area contributed by atoms with E-state index >= 15 is 0 Å². The summed E-state index contributed by atoms with van der Waals surface area (Å²) in [5.41, 5.74) is 1.10. The summed E-state index contributed by atoms with van der Waals surface area (Å²) in [5, 5.41) is 0. The van der Waals surface area contributed by atoms with E-state index in [0.29, 0.717) is 12.5 Å². The second kappa shape index (κ2) is 3.24. The van der Waals surface area contributed by atoms with E-state index in [4.69, 9.17) is 0 Å². The molecule has 0 aromatic rings. The summed E-state index contributed by atoms with van der Waals surface area (Å²) in [6, 6.07) is 0. The molecule has 2 atom stereocenters. The molecule has 0 aromatic carbocycles. The molecule has 0 aliphatic carbocycles. The van der Waals surface area contributed by atoms with Gasteiger partial charge in [-0.2, -0.15) is 0 Å². The number of rotatable bonds is 2. The maximum absolute atomic E-state index is 12.6. The molecule has 0 spiro atoms. The van der Waals surface area contributed by atoms with Crippen LogP contribution in [0.5, 0.6) is 0 Å². The van der Waals surface area contributed by atoms with Crippen molar-refractivity contribution in [3.63, 3.8) is 0 Å². The molecule has 0 radical (unpaired) electrons. The molecule has 1 aliphatic rings. The van der Waals surface area contributed by atoms with E-state index in [0.717, 1.165) is 18.7 Å². The van der Waals surface area contributed by atoms with Gasteiger partial charge in [0.25, 0.3) is 0 Å². The molecular weight excluding hydrogens is 141 g/mol. The van der Waals surface area contributed by atoms with Crippen molar-refractivity contribution in [2.75, 3.05) is 13.1 Å². The molecule has 1 fully saturated rings. The lowest BCUT2D eigenvalue weighted by Gasteiger charge is -2.19. The first-order chi connectivity index (χ1) is 5.09. The minimum absolute atomic E-state index is 0.517. The highest BCUT2D eigenvalue weighted by atomic mass is 19.1. The third kappa shape index (κ3) is 2.21. The average molecular weight is 157 g/mol. The Morgan fingerprint density at radius 1 is 1.82 bits per heavy atom. The van der Waals surface area contributed by atoms with Crippen LogP contribution in [0, 0.1) is 5.92 Å². The van der Waals surface area contributed by atoms with Crippen LogP contribution in [0.15, 0.2) is 12.3 Å². The summed E-state index contributed by atoms with van der Waals surface area (Å²) in [4.78, 5) is 2.05. The van der Waals surface area contributed by atoms with Crippen LogP contribution in [0.1, 0.15) is 20.3 Å². The smallest absolute Gasteiger partial charge is 0.115 e. The van der Waals surface area contributed by atoms with Crippen LogP contribution in [0.4, 0.5) is 4.39 Å². The Balaban J connectivity index is 2.41. The molecule has 1 rings (SSSR count). The highest BCUT2D eigenvalue weighted by Crippen LogP contribution is 2.24. The SMILES string of the molecule is C=C1C[C@H](C)CN1CC(C)F. The highest BCUT2D eigenvalue weighted by Gasteiger charge is 2.22. The van der Waals surface area contributed by atoms with Gasteiger partial charge in [0.05, 0.1) is 0 Å². The predicted octanol–water partition coefficient (Wildman–Crippen LogP) is 2.20. The Morgan fingerprint density at radius 3 is 2.82 bits per heavy atom. The molecule has 0 aromatic heterocycles. The third-order valence-corrected chi connectivity index (χ3v) is 2.04. The second-order valence-corrected chi connectivity index (χ2v) is 3.56. The molecular formula is C9H16FN. The van der Waals surface area contributed by atoms with Crippen LogP contribution >= 0.6 is 0 Å². The van der Waals surface area contributed by atoms with E-state index in [1.807, 2.05) is 0 Å². The first kappa shape index (κ1) is 8.57. The number of halogens is 1. The summed E-state index contributed by atoms with van der Waals surface area (Å²) in [6.45, 7) is 9.16. The molecule has 1 saturated heterocycles. The van der Waals surface area contributed by atoms with Crippen molar-refractivity contribution in [2.45, 2.75) is 26.4 Å². The fourth-order valence-corrected chi connectivity index (χ4v) is 1.61. The van der Waals surface area contributed by atoms with Crippen molar-refractivity contribution < 1.29 is 4.39 Å². The zero-order chi connectivity index (χ0) is 8.43. The Bertz CT molecular complexity index is 154. The quantitative estimate of drug-likeness (QED) is 0.594. The van der Waals surface area contributed by atoms with E-state index in [1.165, 1.54) is 0 Å². The van der Waals surface area contributed by atoms with Gasteiger partial charge in [0.2, 0.25) is 0 Å². The summed E-state index contributed by atoms with van der Waals surface area (Å²) < 4.78 is 12.6. The van der Waals surface area contributed by atoms with Gasteiger partial charge < -0.3 is 4.90 Å². The lowest BCUT2D eigenvalue weighted by molar-refractivity contribution is 0.254. The molecule has 64 valence electrons. The minimum Gasteiger partial charge on any atom is -0.372 e. The van der Waals surface area contributed by atoms with Gasteiger partial charge >= 0.3 is 0 Å². The number of likely N-dealkylation sites (tertiary alicyclic amines) is 1. The number of allylic oxidation sites excluding steroid dienone is 1. The van der Waals surface area contributed by atoms with E-state index in [9.17, 15) is 4.39 Å². The van der Waals surface area contributed by atoms with Gasteiger partial charge in [0.15, 0.2) is 0 Å². The van der Waals surface area contributed by atoms with Gasteiger partial charge in [0, 0.05) is 18.8 Å². The number of hydrogen-bond donors (Lipinski definition) is 0. The van der Waals surface area contributed by atoms with Crippen molar-refractivity contribution in [1.82, 2.24) is 4.90 Å². The average Bonchev–Trinajstić information content (AvgIpc) is 2.09. The molecule has 0 N–H and O–H groups in total. The molecule has 2 heteroatoms. The number of alkyl halides is 1. The normalized spacial score (nSPS) is 27.7. The first-order valence-electron chi connectivity index (χ1n) is 4.16. The van der Waals surface area contributed by atoms with Gasteiger partial charge in [-0.25, -0.2) is 4.39 Å². The molecule has 1 nitrogen and oxygen atoms in total. The monoisotopic (exact) mass is 157 g/mol. The van der Waals surface area contributed by atoms with Gasteiger partial charge in [-0.15, -0.1) is 0 Å². The van der Waals surface area contributed by atoms with Crippen LogP contribution < -0.4 is 0 Å². The molecule has 0 bridgehead atoms. The van der Waals surface area contributed by atoms with Gasteiger partial charge in [-0.05, 0) is 19.3 Å². The topological polar surface area (TPSA) is 3.24 Å². The van der Waals surface area contributed by atoms with E-state index in [2.05, 4.69) is 18.4 Å². The van der Waals surface area contributed by atoms with E-state index in [1.54, 1.807) is 6.92 Å². The summed E-state index contributed by atoms with van der Waals surface area (Å²) >= 11 is 0. The van der Waals surface area contributed by atoms with Crippen molar-refractivity contribution in [1.29, 1.82) is 0 Å². The fraction of sp³-hybridized carbons (Fsp3) is 0.778. The predicted molar refractivity (Wildman–Crippen MR) is 45.1 cm³/mol. The van der Waals surface area contributed by atoms with Crippen LogP contribution in [-0.4, -0.2) is 24.2 Å². The molecule has 1 unspecified atom stereocenters. The molecule has 1 heterocycles. The lowest BCUT2D eigenvalue weighted by Crippen LogP contribution is -2.25. The maximum Gasteiger partial charge on any atom is 0.115 e. The highest BCUT2D eigenvalue weighted by molar-refractivity contribution is 5.02. The summed E-state index contributed by atoms with van der Waals surface area (Å²) in [5.74, 6) is 0.654. The van der Waals surface area contributed by atoms with Gasteiger partial charge in [-0.1, -0.05) is 13.5 Å². The summed E-state index contributed by atoms with van der Waals surface area (Å²) in [7, 11) is 0. The molecule has 0 amide bonds. The van der Waals surface area contributed by atoms with E-state index in [-0.39, 0.29) is 0 Å². The Kier molecular flexibility index (Phi) is 2.53. The zero-order valence-electron chi connectivity index (χ0n) is 7.31. The summed E-state index contributed by atoms with van der Waals surface area (Å²) in [6.07, 6.45) is 0.296. The molecule has 1 aliphatic heterocycles. The first-order valence-corrected chi connectivity index (χ1v) is 4.16. The van der Waals surface area contributed by atoms with Crippen molar-refractivity contribution in [3.8, 4) is 0 Å². The Morgan fingerprint density at radius 2 is 2.45 bits per heavy atom. The molecule has 11 heavy (non-hydrogen) atoms. The largest absolute Gasteiger partial charge is 0.372 e. The van der Waals surface area contributed by atoms with Crippen LogP contribution in [0.25, 0.3) is 0 Å². The maximum atomic E-state index is 12.6. The number of nitrogens with zero attached hydrogens (tertiary/aromatic N) is 1. The van der Waals surface area contributed by atoms with Crippen LogP contribution in [-0.2, 0) is 0 Å². The lowest BCUT2D eigenvalue weighted by atomic mass is 10.1. The van der Waals surface area contributed by atoms with Crippen LogP contribution in [0.2, 0.25) is 0 Å². The Hall–Kier alpha value is -0.530. The number of hydrogen-bond acceptors (Lipinski definition) is 1. The zero-order valence-corrected chi connectivity index (χ0v) is 7.31. The van der Waals surface area contributed by atoms with E-state index < -0.39 is 6.17 Å². The standard InChI is InChI=1S/C9H16FN/c1-7-4-9(3)11(5-7)6-8(2)10/h7-8H,3-6H2,1-2H3/t7-,8?/m0/s1. The van der Waals surface area contributed by atoms with Crippen LogP contribution in [0.3, 0.4) is 0 Å². The van der Waals surface area contributed by atoms with Crippen molar-refractivity contribution >= 4 is 0 Å². The Labute approximate surface area is 67.9 Å². The van der Waals surface area contributed by atoms with Crippen molar-refractivity contribution in [2.24, 2.45) is 5.92 Å². The second-order valence-electron chi connectivity index (χ2n) is 3.56. The van der Waals surface area contributed by atoms with Crippen molar-refractivity contribution in [3.05, 3.63) is 12.3 Å². The van der Waals surface area contributed by atoms with Gasteiger partial charge in [0.1, 0.15) is 6.17 Å². The minimum atomic E-state index is -0.739. The third-order valence-electron chi connectivity index (χ3n) is 2.04. The molecule has 0 saturated carbocycles. The fourth-order valence-electron chi connectivity index (χ4n) is 1.61. The van der Waals surface area contributed by atoms with Gasteiger partial charge in [-0.3, -0.25) is 0 Å².